The molecule has 4 rings (SSSR count). The van der Waals surface area contributed by atoms with Crippen molar-refractivity contribution < 1.29 is 14.3 Å². The van der Waals surface area contributed by atoms with Gasteiger partial charge in [0.15, 0.2) is 6.61 Å². The molecular formula is C22H32N2O3. The Morgan fingerprint density at radius 1 is 1.07 bits per heavy atom. The van der Waals surface area contributed by atoms with Crippen molar-refractivity contribution in [1.82, 2.24) is 9.80 Å². The van der Waals surface area contributed by atoms with Gasteiger partial charge < -0.3 is 14.4 Å². The number of hydrogen-bond acceptors (Lipinski definition) is 4. The summed E-state index contributed by atoms with van der Waals surface area (Å²) in [5.41, 5.74) is 1.18. The number of carbonyl (C=O) groups is 1. The first-order valence-electron chi connectivity index (χ1n) is 10.5. The Morgan fingerprint density at radius 2 is 1.78 bits per heavy atom. The van der Waals surface area contributed by atoms with Gasteiger partial charge >= 0.3 is 0 Å². The smallest absolute Gasteiger partial charge is 0.260 e. The molecule has 1 amide bonds. The zero-order chi connectivity index (χ0) is 18.6. The molecule has 5 nitrogen and oxygen atoms in total. The van der Waals surface area contributed by atoms with Crippen LogP contribution in [0.25, 0.3) is 0 Å². The van der Waals surface area contributed by atoms with Gasteiger partial charge in [-0.15, -0.1) is 0 Å². The Hall–Kier alpha value is -1.59. The summed E-state index contributed by atoms with van der Waals surface area (Å²) in [5.74, 6) is 2.28. The van der Waals surface area contributed by atoms with Gasteiger partial charge in [0.25, 0.3) is 5.91 Å². The zero-order valence-electron chi connectivity index (χ0n) is 16.4. The number of carbonyl (C=O) groups excluding carboxylic acids is 1. The predicted molar refractivity (Wildman–Crippen MR) is 105 cm³/mol. The molecule has 0 radical (unpaired) electrons. The summed E-state index contributed by atoms with van der Waals surface area (Å²) in [7, 11) is 1.86. The maximum absolute atomic E-state index is 12.4. The Labute approximate surface area is 162 Å². The van der Waals surface area contributed by atoms with Crippen LogP contribution in [-0.2, 0) is 16.1 Å². The average Bonchev–Trinajstić information content (AvgIpc) is 2.96. The van der Waals surface area contributed by atoms with Crippen LogP contribution in [0.2, 0.25) is 0 Å². The van der Waals surface area contributed by atoms with Gasteiger partial charge in [-0.05, 0) is 50.0 Å². The molecule has 2 heterocycles. The molecule has 148 valence electrons. The van der Waals surface area contributed by atoms with Crippen LogP contribution in [-0.4, -0.2) is 61.7 Å². The van der Waals surface area contributed by atoms with E-state index in [0.717, 1.165) is 51.3 Å². The molecule has 1 aromatic carbocycles. The van der Waals surface area contributed by atoms with E-state index in [4.69, 9.17) is 9.47 Å². The first-order valence-corrected chi connectivity index (χ1v) is 10.5. The van der Waals surface area contributed by atoms with Gasteiger partial charge in [-0.25, -0.2) is 0 Å². The van der Waals surface area contributed by atoms with Crippen molar-refractivity contribution in [3.63, 3.8) is 0 Å². The molecule has 0 spiro atoms. The fourth-order valence-electron chi connectivity index (χ4n) is 5.17. The zero-order valence-corrected chi connectivity index (χ0v) is 16.4. The van der Waals surface area contributed by atoms with Gasteiger partial charge in [-0.3, -0.25) is 9.69 Å². The van der Waals surface area contributed by atoms with E-state index in [9.17, 15) is 4.79 Å². The highest BCUT2D eigenvalue weighted by molar-refractivity contribution is 5.77. The summed E-state index contributed by atoms with van der Waals surface area (Å²) in [6.07, 6.45) is 6.46. The highest BCUT2D eigenvalue weighted by Crippen LogP contribution is 2.39. The van der Waals surface area contributed by atoms with Crippen LogP contribution in [0.3, 0.4) is 0 Å². The molecule has 3 aliphatic rings. The number of benzene rings is 1. The fourth-order valence-corrected chi connectivity index (χ4v) is 5.17. The number of para-hydroxylation sites is 1. The minimum atomic E-state index is 0.114. The third kappa shape index (κ3) is 4.30. The van der Waals surface area contributed by atoms with Crippen LogP contribution in [0.4, 0.5) is 0 Å². The highest BCUT2D eigenvalue weighted by Gasteiger charge is 2.42. The standard InChI is InChI=1S/C22H32N2O3/c1-26-22-18-9-10-19(22)15-23(14-18)13-17-7-3-4-8-20(17)27-16-21(25)24-11-5-2-6-12-24/h3-4,7-8,18-19,22H,2,5-6,9-16H2,1H3/t18-,19+,22?. The predicted octanol–water partition coefficient (Wildman–Crippen LogP) is 2.93. The van der Waals surface area contributed by atoms with Gasteiger partial charge in [0.2, 0.25) is 0 Å². The first-order chi connectivity index (χ1) is 13.2. The second-order valence-electron chi connectivity index (χ2n) is 8.33. The molecule has 2 saturated heterocycles. The van der Waals surface area contributed by atoms with Crippen molar-refractivity contribution in [2.24, 2.45) is 11.8 Å². The lowest BCUT2D eigenvalue weighted by Gasteiger charge is -2.37. The minimum Gasteiger partial charge on any atom is -0.483 e. The normalized spacial score (nSPS) is 28.3. The van der Waals surface area contributed by atoms with E-state index in [1.165, 1.54) is 24.8 Å². The molecule has 27 heavy (non-hydrogen) atoms. The molecule has 5 heteroatoms. The molecule has 2 aliphatic heterocycles. The third-order valence-electron chi connectivity index (χ3n) is 6.52. The fraction of sp³-hybridized carbons (Fsp3) is 0.682. The van der Waals surface area contributed by atoms with Crippen LogP contribution in [0.15, 0.2) is 24.3 Å². The Balaban J connectivity index is 1.35. The molecule has 1 aliphatic carbocycles. The highest BCUT2D eigenvalue weighted by atomic mass is 16.5. The van der Waals surface area contributed by atoms with E-state index < -0.39 is 0 Å². The van der Waals surface area contributed by atoms with E-state index in [2.05, 4.69) is 17.0 Å². The van der Waals surface area contributed by atoms with Gasteiger partial charge in [0.1, 0.15) is 5.75 Å². The topological polar surface area (TPSA) is 42.0 Å². The summed E-state index contributed by atoms with van der Waals surface area (Å²) in [6.45, 7) is 4.97. The van der Waals surface area contributed by atoms with E-state index in [1.54, 1.807) is 0 Å². The summed E-state index contributed by atoms with van der Waals surface area (Å²) >= 11 is 0. The Bertz CT molecular complexity index is 630. The maximum atomic E-state index is 12.4. The summed E-state index contributed by atoms with van der Waals surface area (Å²) in [4.78, 5) is 16.9. The largest absolute Gasteiger partial charge is 0.483 e. The summed E-state index contributed by atoms with van der Waals surface area (Å²) in [5, 5.41) is 0. The lowest BCUT2D eigenvalue weighted by molar-refractivity contribution is -0.134. The van der Waals surface area contributed by atoms with Crippen LogP contribution >= 0.6 is 0 Å². The van der Waals surface area contributed by atoms with E-state index in [0.29, 0.717) is 17.9 Å². The van der Waals surface area contributed by atoms with Gasteiger partial charge in [-0.1, -0.05) is 18.2 Å². The SMILES string of the molecule is COC1[C@@H]2CC[C@H]1CN(Cc1ccccc1OCC(=O)N1CCCCC1)C2. The number of nitrogens with zero attached hydrogens (tertiary/aromatic N) is 2. The Morgan fingerprint density at radius 3 is 2.48 bits per heavy atom. The minimum absolute atomic E-state index is 0.114. The number of rotatable bonds is 6. The van der Waals surface area contributed by atoms with E-state index >= 15 is 0 Å². The average molecular weight is 373 g/mol. The van der Waals surface area contributed by atoms with Gasteiger partial charge in [-0.2, -0.15) is 0 Å². The van der Waals surface area contributed by atoms with E-state index in [-0.39, 0.29) is 12.5 Å². The lowest BCUT2D eigenvalue weighted by Crippen LogP contribution is -2.45. The van der Waals surface area contributed by atoms with Crippen molar-refractivity contribution in [3.8, 4) is 5.75 Å². The first kappa shape index (κ1) is 18.8. The number of ether oxygens (including phenoxy) is 2. The van der Waals surface area contributed by atoms with Crippen LogP contribution < -0.4 is 4.74 Å². The van der Waals surface area contributed by atoms with Crippen molar-refractivity contribution in [1.29, 1.82) is 0 Å². The third-order valence-corrected chi connectivity index (χ3v) is 6.52. The molecular weight excluding hydrogens is 340 g/mol. The number of likely N-dealkylation sites (tertiary alicyclic amines) is 2. The maximum Gasteiger partial charge on any atom is 0.260 e. The van der Waals surface area contributed by atoms with Crippen molar-refractivity contribution in [2.45, 2.75) is 44.8 Å². The van der Waals surface area contributed by atoms with Crippen LogP contribution in [0, 0.1) is 11.8 Å². The van der Waals surface area contributed by atoms with E-state index in [1.807, 2.05) is 24.1 Å². The molecule has 1 aromatic rings. The monoisotopic (exact) mass is 372 g/mol. The van der Waals surface area contributed by atoms with Gasteiger partial charge in [0.05, 0.1) is 6.10 Å². The molecule has 0 aromatic heterocycles. The second-order valence-corrected chi connectivity index (χ2v) is 8.33. The van der Waals surface area contributed by atoms with Crippen molar-refractivity contribution in [3.05, 3.63) is 29.8 Å². The molecule has 1 saturated carbocycles. The summed E-state index contributed by atoms with van der Waals surface area (Å²) < 4.78 is 11.7. The van der Waals surface area contributed by atoms with Crippen LogP contribution in [0.5, 0.6) is 5.75 Å². The molecule has 0 N–H and O–H groups in total. The summed E-state index contributed by atoms with van der Waals surface area (Å²) in [6, 6.07) is 8.18. The second kappa shape index (κ2) is 8.61. The molecule has 3 fully saturated rings. The molecule has 3 atom stereocenters. The van der Waals surface area contributed by atoms with Crippen molar-refractivity contribution >= 4 is 5.91 Å². The van der Waals surface area contributed by atoms with Crippen LogP contribution in [0.1, 0.15) is 37.7 Å². The quantitative estimate of drug-likeness (QED) is 0.770. The Kier molecular flexibility index (Phi) is 5.98. The number of piperidine rings is 2. The molecule has 2 bridgehead atoms. The lowest BCUT2D eigenvalue weighted by atomic mass is 9.94. The number of fused-ring (bicyclic) bond motifs is 2. The molecule has 1 unspecified atom stereocenters. The van der Waals surface area contributed by atoms with Gasteiger partial charge in [0, 0.05) is 45.4 Å². The number of hydrogen-bond donors (Lipinski definition) is 0. The van der Waals surface area contributed by atoms with Crippen molar-refractivity contribution in [2.75, 3.05) is 39.9 Å². The number of methoxy groups -OCH3 is 1. The number of amides is 1.